The molecule has 0 radical (unpaired) electrons. The second kappa shape index (κ2) is 13.4. The number of likely N-dealkylation sites (N-methyl/N-ethyl adjacent to an activating group) is 1. The Labute approximate surface area is 165 Å². The molecule has 0 heterocycles. The smallest absolute Gasteiger partial charge is 0.378 e. The van der Waals surface area contributed by atoms with Gasteiger partial charge in [0.1, 0.15) is 6.54 Å². The quantitative estimate of drug-likeness (QED) is 0.301. The van der Waals surface area contributed by atoms with Crippen LogP contribution >= 0.6 is 24.0 Å². The molecule has 0 aromatic heterocycles. The first-order chi connectivity index (χ1) is 11.1. The molecule has 25 heavy (non-hydrogen) atoms. The molecule has 0 aromatic rings. The lowest BCUT2D eigenvalue weighted by atomic mass is 10.0. The minimum Gasteiger partial charge on any atom is -0.378 e. The van der Waals surface area contributed by atoms with Crippen LogP contribution < -0.4 is 10.6 Å². The molecule has 0 saturated heterocycles. The fraction of sp³-hybridized carbons (Fsp3) is 0.867. The zero-order chi connectivity index (χ0) is 18.8. The molecule has 1 amide bonds. The number of ether oxygens (including phenoxy) is 1. The maximum Gasteiger partial charge on any atom is 0.406 e. The monoisotopic (exact) mass is 482 g/mol. The van der Waals surface area contributed by atoms with E-state index in [4.69, 9.17) is 4.74 Å². The van der Waals surface area contributed by atoms with Crippen molar-refractivity contribution >= 4 is 35.8 Å². The van der Waals surface area contributed by atoms with E-state index in [0.29, 0.717) is 29.9 Å². The maximum absolute atomic E-state index is 12.2. The minimum atomic E-state index is -4.41. The van der Waals surface area contributed by atoms with Crippen molar-refractivity contribution in [1.29, 1.82) is 0 Å². The summed E-state index contributed by atoms with van der Waals surface area (Å²) in [5.74, 6) is 0.0757. The van der Waals surface area contributed by atoms with Gasteiger partial charge < -0.3 is 20.3 Å². The normalized spacial score (nSPS) is 13.2. The lowest BCUT2D eigenvalue weighted by Gasteiger charge is -2.22. The number of nitrogens with one attached hydrogen (secondary N) is 2. The number of hydrogen-bond donors (Lipinski definition) is 2. The van der Waals surface area contributed by atoms with Crippen LogP contribution in [0.4, 0.5) is 13.2 Å². The average molecular weight is 482 g/mol. The van der Waals surface area contributed by atoms with Crippen LogP contribution in [0, 0.1) is 5.92 Å². The van der Waals surface area contributed by atoms with Gasteiger partial charge in [-0.1, -0.05) is 13.8 Å². The van der Waals surface area contributed by atoms with Crippen molar-refractivity contribution in [3.05, 3.63) is 0 Å². The van der Waals surface area contributed by atoms with Crippen molar-refractivity contribution < 1.29 is 22.7 Å². The highest BCUT2D eigenvalue weighted by Gasteiger charge is 2.31. The Morgan fingerprint density at radius 1 is 1.28 bits per heavy atom. The van der Waals surface area contributed by atoms with Crippen molar-refractivity contribution in [2.75, 3.05) is 40.3 Å². The van der Waals surface area contributed by atoms with Gasteiger partial charge in [0, 0.05) is 27.2 Å². The summed E-state index contributed by atoms with van der Waals surface area (Å²) in [5.41, 5.74) is 0. The molecule has 0 aliphatic carbocycles. The van der Waals surface area contributed by atoms with E-state index in [-0.39, 0.29) is 36.6 Å². The van der Waals surface area contributed by atoms with E-state index < -0.39 is 18.6 Å². The number of rotatable bonds is 9. The molecule has 0 fully saturated rings. The Bertz CT molecular complexity index is 407. The number of halogens is 4. The predicted octanol–water partition coefficient (Wildman–Crippen LogP) is 2.24. The Kier molecular flexibility index (Phi) is 14.2. The topological polar surface area (TPSA) is 66.0 Å². The second-order valence-corrected chi connectivity index (χ2v) is 5.74. The van der Waals surface area contributed by atoms with E-state index in [0.717, 1.165) is 13.5 Å². The zero-order valence-corrected chi connectivity index (χ0v) is 17.8. The Balaban J connectivity index is 0. The van der Waals surface area contributed by atoms with Gasteiger partial charge in [-0.25, -0.2) is 0 Å². The average Bonchev–Trinajstić information content (AvgIpc) is 2.47. The summed E-state index contributed by atoms with van der Waals surface area (Å²) in [7, 11) is 2.64. The molecule has 0 bridgehead atoms. The SMILES string of the molecule is CCOC(CCNC(=NC)NCC(=O)N(C)CC(F)(F)F)C(C)C.I. The highest BCUT2D eigenvalue weighted by atomic mass is 127. The molecule has 6 nitrogen and oxygen atoms in total. The number of aliphatic imine (C=N–C) groups is 1. The van der Waals surface area contributed by atoms with Gasteiger partial charge >= 0.3 is 6.18 Å². The largest absolute Gasteiger partial charge is 0.406 e. The van der Waals surface area contributed by atoms with Gasteiger partial charge in [-0.05, 0) is 19.3 Å². The number of guanidine groups is 1. The van der Waals surface area contributed by atoms with Crippen molar-refractivity contribution in [2.24, 2.45) is 10.9 Å². The summed E-state index contributed by atoms with van der Waals surface area (Å²) in [5, 5.41) is 5.73. The maximum atomic E-state index is 12.2. The highest BCUT2D eigenvalue weighted by molar-refractivity contribution is 14.0. The first-order valence-corrected chi connectivity index (χ1v) is 7.97. The van der Waals surface area contributed by atoms with E-state index >= 15 is 0 Å². The van der Waals surface area contributed by atoms with E-state index in [1.165, 1.54) is 7.05 Å². The van der Waals surface area contributed by atoms with E-state index in [2.05, 4.69) is 29.5 Å². The van der Waals surface area contributed by atoms with Gasteiger partial charge in [-0.15, -0.1) is 24.0 Å². The Hall–Kier alpha value is -0.780. The summed E-state index contributed by atoms with van der Waals surface area (Å²) < 4.78 is 42.3. The van der Waals surface area contributed by atoms with E-state index in [9.17, 15) is 18.0 Å². The molecule has 0 aliphatic rings. The van der Waals surface area contributed by atoms with Gasteiger partial charge in [0.2, 0.25) is 5.91 Å². The summed E-state index contributed by atoms with van der Waals surface area (Å²) in [4.78, 5) is 16.2. The van der Waals surface area contributed by atoms with Crippen LogP contribution in [0.25, 0.3) is 0 Å². The standard InChI is InChI=1S/C15H29F3N4O2.HI/c1-6-24-12(11(2)3)7-8-20-14(19-4)21-9-13(23)22(5)10-15(16,17)18;/h11-12H,6-10H2,1-5H3,(H2,19,20,21);1H. The van der Waals surface area contributed by atoms with Crippen LogP contribution in [0.5, 0.6) is 0 Å². The van der Waals surface area contributed by atoms with Gasteiger partial charge in [0.15, 0.2) is 5.96 Å². The molecule has 0 spiro atoms. The van der Waals surface area contributed by atoms with Crippen LogP contribution in [-0.4, -0.2) is 69.4 Å². The number of amides is 1. The molecular formula is C15H30F3IN4O2. The molecule has 0 rings (SSSR count). The first kappa shape index (κ1) is 26.4. The van der Waals surface area contributed by atoms with Crippen LogP contribution in [0.3, 0.4) is 0 Å². The van der Waals surface area contributed by atoms with Gasteiger partial charge in [0.05, 0.1) is 12.6 Å². The molecule has 0 aliphatic heterocycles. The van der Waals surface area contributed by atoms with Gasteiger partial charge in [0.25, 0.3) is 0 Å². The van der Waals surface area contributed by atoms with Crippen LogP contribution in [-0.2, 0) is 9.53 Å². The lowest BCUT2D eigenvalue weighted by molar-refractivity contribution is -0.157. The number of hydrogen-bond acceptors (Lipinski definition) is 3. The number of alkyl halides is 3. The fourth-order valence-corrected chi connectivity index (χ4v) is 2.03. The third-order valence-corrected chi connectivity index (χ3v) is 3.32. The molecule has 1 unspecified atom stereocenters. The zero-order valence-electron chi connectivity index (χ0n) is 15.4. The fourth-order valence-electron chi connectivity index (χ4n) is 2.03. The lowest BCUT2D eigenvalue weighted by Crippen LogP contribution is -2.46. The molecule has 10 heteroatoms. The molecular weight excluding hydrogens is 452 g/mol. The van der Waals surface area contributed by atoms with E-state index in [1.54, 1.807) is 0 Å². The van der Waals surface area contributed by atoms with Crippen LogP contribution in [0.2, 0.25) is 0 Å². The minimum absolute atomic E-state index is 0. The molecule has 0 aromatic carbocycles. The third-order valence-electron chi connectivity index (χ3n) is 3.32. The van der Waals surface area contributed by atoms with Gasteiger partial charge in [-0.3, -0.25) is 9.79 Å². The molecule has 0 saturated carbocycles. The van der Waals surface area contributed by atoms with Gasteiger partial charge in [-0.2, -0.15) is 13.2 Å². The third kappa shape index (κ3) is 13.1. The number of carbonyl (C=O) groups is 1. The van der Waals surface area contributed by atoms with Crippen LogP contribution in [0.15, 0.2) is 4.99 Å². The van der Waals surface area contributed by atoms with Crippen molar-refractivity contribution in [2.45, 2.75) is 39.5 Å². The number of carbonyl (C=O) groups excluding carboxylic acids is 1. The number of nitrogens with zero attached hydrogens (tertiary/aromatic N) is 2. The van der Waals surface area contributed by atoms with E-state index in [1.807, 2.05) is 6.92 Å². The summed E-state index contributed by atoms with van der Waals surface area (Å²) in [6.45, 7) is 5.76. The Morgan fingerprint density at radius 3 is 2.32 bits per heavy atom. The Morgan fingerprint density at radius 2 is 1.88 bits per heavy atom. The summed E-state index contributed by atoms with van der Waals surface area (Å²) >= 11 is 0. The summed E-state index contributed by atoms with van der Waals surface area (Å²) in [6, 6.07) is 0. The summed E-state index contributed by atoms with van der Waals surface area (Å²) in [6.07, 6.45) is -3.54. The van der Waals surface area contributed by atoms with Crippen molar-refractivity contribution in [3.63, 3.8) is 0 Å². The first-order valence-electron chi connectivity index (χ1n) is 7.97. The predicted molar refractivity (Wildman–Crippen MR) is 103 cm³/mol. The van der Waals surface area contributed by atoms with Crippen molar-refractivity contribution in [1.82, 2.24) is 15.5 Å². The molecule has 1 atom stereocenters. The van der Waals surface area contributed by atoms with Crippen LogP contribution in [0.1, 0.15) is 27.2 Å². The van der Waals surface area contributed by atoms with Crippen molar-refractivity contribution in [3.8, 4) is 0 Å². The molecule has 2 N–H and O–H groups in total. The second-order valence-electron chi connectivity index (χ2n) is 5.74. The molecule has 150 valence electrons. The highest BCUT2D eigenvalue weighted by Crippen LogP contribution is 2.15.